The van der Waals surface area contributed by atoms with Crippen LogP contribution >= 0.6 is 0 Å². The summed E-state index contributed by atoms with van der Waals surface area (Å²) >= 11 is 0. The number of aryl methyl sites for hydroxylation is 2. The van der Waals surface area contributed by atoms with Crippen molar-refractivity contribution in [2.75, 3.05) is 16.2 Å². The number of anilines is 2. The number of nitrogens with one attached hydrogen (secondary N) is 1. The molecule has 5 nitrogen and oxygen atoms in total. The van der Waals surface area contributed by atoms with Crippen molar-refractivity contribution in [3.8, 4) is 0 Å². The summed E-state index contributed by atoms with van der Waals surface area (Å²) in [7, 11) is -3.64. The third-order valence-electron chi connectivity index (χ3n) is 4.64. The predicted molar refractivity (Wildman–Crippen MR) is 92.8 cm³/mol. The van der Waals surface area contributed by atoms with Gasteiger partial charge < -0.3 is 4.90 Å². The van der Waals surface area contributed by atoms with E-state index in [4.69, 9.17) is 0 Å². The molecular formula is C18H18N2O3S. The fraction of sp³-hybridized carbons (Fsp3) is 0.278. The van der Waals surface area contributed by atoms with Gasteiger partial charge in [-0.1, -0.05) is 17.7 Å². The van der Waals surface area contributed by atoms with Crippen molar-refractivity contribution in [3.63, 3.8) is 0 Å². The number of nitrogens with zero attached hydrogens (tertiary/aromatic N) is 1. The minimum atomic E-state index is -3.64. The van der Waals surface area contributed by atoms with E-state index in [1.165, 1.54) is 0 Å². The Bertz CT molecular complexity index is 933. The van der Waals surface area contributed by atoms with Crippen molar-refractivity contribution >= 4 is 27.3 Å². The fourth-order valence-corrected chi connectivity index (χ4v) is 4.58. The van der Waals surface area contributed by atoms with Gasteiger partial charge in [-0.25, -0.2) is 8.42 Å². The maximum absolute atomic E-state index is 12.7. The first-order valence-corrected chi connectivity index (χ1v) is 9.48. The zero-order chi connectivity index (χ0) is 16.9. The molecule has 4 rings (SSSR count). The molecule has 0 saturated heterocycles. The normalized spacial score (nSPS) is 16.2. The summed E-state index contributed by atoms with van der Waals surface area (Å²) in [6, 6.07) is 10.7. The molecule has 2 heterocycles. The number of hydrogen-bond acceptors (Lipinski definition) is 3. The van der Waals surface area contributed by atoms with Crippen molar-refractivity contribution in [2.45, 2.75) is 31.1 Å². The largest absolute Gasteiger partial charge is 0.312 e. The number of benzene rings is 2. The maximum atomic E-state index is 12.7. The summed E-state index contributed by atoms with van der Waals surface area (Å²) in [5, 5.41) is 0. The molecule has 0 saturated carbocycles. The second-order valence-corrected chi connectivity index (χ2v) is 8.04. The van der Waals surface area contributed by atoms with E-state index in [0.29, 0.717) is 31.5 Å². The van der Waals surface area contributed by atoms with Gasteiger partial charge in [0, 0.05) is 18.7 Å². The Morgan fingerprint density at radius 1 is 1.00 bits per heavy atom. The molecule has 0 fully saturated rings. The van der Waals surface area contributed by atoms with Crippen LogP contribution in [-0.4, -0.2) is 20.9 Å². The lowest BCUT2D eigenvalue weighted by molar-refractivity contribution is -0.118. The first kappa shape index (κ1) is 15.2. The molecule has 0 aliphatic carbocycles. The molecule has 0 atom stereocenters. The minimum absolute atomic E-state index is 0.134. The summed E-state index contributed by atoms with van der Waals surface area (Å²) in [4.78, 5) is 14.0. The third-order valence-corrected chi connectivity index (χ3v) is 6.00. The third kappa shape index (κ3) is 2.47. The van der Waals surface area contributed by atoms with Crippen LogP contribution in [0, 0.1) is 6.92 Å². The van der Waals surface area contributed by atoms with Gasteiger partial charge in [-0.05, 0) is 55.2 Å². The fourth-order valence-electron chi connectivity index (χ4n) is 3.42. The van der Waals surface area contributed by atoms with E-state index < -0.39 is 10.0 Å². The summed E-state index contributed by atoms with van der Waals surface area (Å²) in [5.74, 6) is 0.134. The lowest BCUT2D eigenvalue weighted by Gasteiger charge is -2.25. The van der Waals surface area contributed by atoms with Gasteiger partial charge in [0.25, 0.3) is 10.0 Å². The quantitative estimate of drug-likeness (QED) is 0.932. The summed E-state index contributed by atoms with van der Waals surface area (Å²) in [5.41, 5.74) is 4.45. The number of carbonyl (C=O) groups is 1. The van der Waals surface area contributed by atoms with Crippen molar-refractivity contribution in [1.82, 2.24) is 0 Å². The molecule has 1 N–H and O–H groups in total. The second-order valence-electron chi connectivity index (χ2n) is 6.36. The Labute approximate surface area is 141 Å². The summed E-state index contributed by atoms with van der Waals surface area (Å²) < 4.78 is 28.1. The Morgan fingerprint density at radius 3 is 2.38 bits per heavy atom. The topological polar surface area (TPSA) is 66.5 Å². The number of sulfonamides is 1. The SMILES string of the molecule is Cc1ccc(NS(=O)(=O)c2cc3c4c(c2)CCN4C(=O)CC3)cc1. The molecule has 2 aromatic carbocycles. The van der Waals surface area contributed by atoms with E-state index in [1.807, 2.05) is 19.1 Å². The van der Waals surface area contributed by atoms with Crippen LogP contribution < -0.4 is 9.62 Å². The van der Waals surface area contributed by atoms with E-state index >= 15 is 0 Å². The van der Waals surface area contributed by atoms with Gasteiger partial charge in [0.1, 0.15) is 0 Å². The Hall–Kier alpha value is -2.34. The number of carbonyl (C=O) groups excluding carboxylic acids is 1. The van der Waals surface area contributed by atoms with E-state index in [-0.39, 0.29) is 10.8 Å². The highest BCUT2D eigenvalue weighted by Gasteiger charge is 2.32. The Morgan fingerprint density at radius 2 is 1.67 bits per heavy atom. The second kappa shape index (κ2) is 5.34. The maximum Gasteiger partial charge on any atom is 0.261 e. The van der Waals surface area contributed by atoms with Gasteiger partial charge in [-0.2, -0.15) is 0 Å². The van der Waals surface area contributed by atoms with E-state index in [2.05, 4.69) is 4.72 Å². The molecule has 6 heteroatoms. The summed E-state index contributed by atoms with van der Waals surface area (Å²) in [6.07, 6.45) is 1.76. The van der Waals surface area contributed by atoms with E-state index in [0.717, 1.165) is 22.4 Å². The van der Waals surface area contributed by atoms with Crippen molar-refractivity contribution in [2.24, 2.45) is 0 Å². The van der Waals surface area contributed by atoms with Gasteiger partial charge in [0.15, 0.2) is 0 Å². The first-order chi connectivity index (χ1) is 11.4. The summed E-state index contributed by atoms with van der Waals surface area (Å²) in [6.45, 7) is 2.60. The lowest BCUT2D eigenvalue weighted by Crippen LogP contribution is -2.33. The highest BCUT2D eigenvalue weighted by atomic mass is 32.2. The molecule has 0 bridgehead atoms. The molecule has 24 heavy (non-hydrogen) atoms. The van der Waals surface area contributed by atoms with Crippen LogP contribution in [0.4, 0.5) is 11.4 Å². The molecule has 0 unspecified atom stereocenters. The minimum Gasteiger partial charge on any atom is -0.312 e. The van der Waals surface area contributed by atoms with Crippen LogP contribution in [0.5, 0.6) is 0 Å². The predicted octanol–water partition coefficient (Wildman–Crippen LogP) is 2.63. The van der Waals surface area contributed by atoms with Gasteiger partial charge in [0.2, 0.25) is 5.91 Å². The molecular weight excluding hydrogens is 324 g/mol. The number of amides is 1. The van der Waals surface area contributed by atoms with Gasteiger partial charge in [-0.15, -0.1) is 0 Å². The average molecular weight is 342 g/mol. The molecule has 2 aromatic rings. The van der Waals surface area contributed by atoms with Crippen LogP contribution in [0.1, 0.15) is 23.1 Å². The highest BCUT2D eigenvalue weighted by Crippen LogP contribution is 2.38. The molecule has 0 aromatic heterocycles. The zero-order valence-electron chi connectivity index (χ0n) is 13.4. The Balaban J connectivity index is 1.72. The van der Waals surface area contributed by atoms with Crippen LogP contribution in [0.2, 0.25) is 0 Å². The van der Waals surface area contributed by atoms with Crippen molar-refractivity contribution < 1.29 is 13.2 Å². The molecule has 124 valence electrons. The smallest absolute Gasteiger partial charge is 0.261 e. The number of hydrogen-bond donors (Lipinski definition) is 1. The van der Waals surface area contributed by atoms with Crippen LogP contribution in [0.3, 0.4) is 0 Å². The van der Waals surface area contributed by atoms with Crippen molar-refractivity contribution in [1.29, 1.82) is 0 Å². The zero-order valence-corrected chi connectivity index (χ0v) is 14.2. The van der Waals surface area contributed by atoms with Crippen LogP contribution in [0.25, 0.3) is 0 Å². The average Bonchev–Trinajstić information content (AvgIpc) is 2.98. The molecule has 0 spiro atoms. The van der Waals surface area contributed by atoms with Gasteiger partial charge >= 0.3 is 0 Å². The van der Waals surface area contributed by atoms with E-state index in [1.54, 1.807) is 29.2 Å². The highest BCUT2D eigenvalue weighted by molar-refractivity contribution is 7.92. The van der Waals surface area contributed by atoms with Gasteiger partial charge in [0.05, 0.1) is 10.6 Å². The first-order valence-electron chi connectivity index (χ1n) is 8.00. The van der Waals surface area contributed by atoms with E-state index in [9.17, 15) is 13.2 Å². The Kier molecular flexibility index (Phi) is 3.38. The lowest BCUT2D eigenvalue weighted by atomic mass is 10.00. The van der Waals surface area contributed by atoms with Crippen molar-refractivity contribution in [3.05, 3.63) is 53.1 Å². The molecule has 2 aliphatic rings. The standard InChI is InChI=1S/C18H18N2O3S/c1-12-2-5-15(6-3-12)19-24(22,23)16-10-13-4-7-17(21)20-9-8-14(11-16)18(13)20/h2-3,5-6,10-11,19H,4,7-9H2,1H3. The molecule has 1 amide bonds. The monoisotopic (exact) mass is 342 g/mol. The van der Waals surface area contributed by atoms with Crippen LogP contribution in [0.15, 0.2) is 41.3 Å². The van der Waals surface area contributed by atoms with Crippen LogP contribution in [-0.2, 0) is 27.7 Å². The molecule has 0 radical (unpaired) electrons. The van der Waals surface area contributed by atoms with Gasteiger partial charge in [-0.3, -0.25) is 9.52 Å². The molecule has 2 aliphatic heterocycles. The number of rotatable bonds is 3.